The number of alkyl halides is 3. The molecule has 0 spiro atoms. The molecule has 1 atom stereocenters. The molecule has 1 amide bonds. The molecule has 0 aliphatic rings. The number of anilines is 1. The molecule has 0 aromatic heterocycles. The number of nitrogens with one attached hydrogen (secondary N) is 1. The number of halogens is 3. The summed E-state index contributed by atoms with van der Waals surface area (Å²) in [5.41, 5.74) is -4.41. The lowest BCUT2D eigenvalue weighted by Crippen LogP contribution is -2.16. The number of hydrogen-bond donors (Lipinski definition) is 1. The molecule has 0 bridgehead atoms. The summed E-state index contributed by atoms with van der Waals surface area (Å²) < 4.78 is 47.1. The van der Waals surface area contributed by atoms with Crippen LogP contribution in [-0.4, -0.2) is 15.6 Å². The van der Waals surface area contributed by atoms with E-state index in [9.17, 15) is 22.2 Å². The van der Waals surface area contributed by atoms with E-state index in [1.165, 1.54) is 19.1 Å². The first-order valence-electron chi connectivity index (χ1n) is 4.17. The quantitative estimate of drug-likeness (QED) is 0.876. The van der Waals surface area contributed by atoms with Crippen molar-refractivity contribution in [3.05, 3.63) is 24.3 Å². The van der Waals surface area contributed by atoms with E-state index in [4.69, 9.17) is 0 Å². The Kier molecular flexibility index (Phi) is 3.69. The average molecular weight is 251 g/mol. The van der Waals surface area contributed by atoms with Crippen LogP contribution in [0.3, 0.4) is 0 Å². The van der Waals surface area contributed by atoms with Crippen LogP contribution in [0, 0.1) is 0 Å². The summed E-state index contributed by atoms with van der Waals surface area (Å²) >= 11 is 0. The monoisotopic (exact) mass is 251 g/mol. The number of hydrogen-bond acceptors (Lipinski definition) is 2. The van der Waals surface area contributed by atoms with Crippen LogP contribution in [0.25, 0.3) is 0 Å². The third-order valence-electron chi connectivity index (χ3n) is 1.60. The first-order valence-corrected chi connectivity index (χ1v) is 5.32. The summed E-state index contributed by atoms with van der Waals surface area (Å²) in [5.74, 6) is -0.329. The third-order valence-corrected chi connectivity index (χ3v) is 2.72. The van der Waals surface area contributed by atoms with E-state index in [0.29, 0.717) is 5.69 Å². The summed E-state index contributed by atoms with van der Waals surface area (Å²) in [6.45, 7) is 1.28. The lowest BCUT2D eigenvalue weighted by Gasteiger charge is -2.07. The smallest absolute Gasteiger partial charge is 0.326 e. The van der Waals surface area contributed by atoms with Gasteiger partial charge in [-0.1, -0.05) is 0 Å². The normalized spacial score (nSPS) is 13.2. The maximum atomic E-state index is 12.1. The highest BCUT2D eigenvalue weighted by Crippen LogP contribution is 2.26. The van der Waals surface area contributed by atoms with Crippen LogP contribution in [0.5, 0.6) is 0 Å². The molecule has 3 nitrogen and oxygen atoms in total. The van der Waals surface area contributed by atoms with Crippen LogP contribution in [0.4, 0.5) is 18.9 Å². The Bertz CT molecular complexity index is 414. The van der Waals surface area contributed by atoms with E-state index in [2.05, 4.69) is 5.32 Å². The maximum absolute atomic E-state index is 12.1. The van der Waals surface area contributed by atoms with Crippen LogP contribution in [0.1, 0.15) is 6.92 Å². The minimum Gasteiger partial charge on any atom is -0.326 e. The van der Waals surface area contributed by atoms with E-state index in [-0.39, 0.29) is 10.8 Å². The van der Waals surface area contributed by atoms with Gasteiger partial charge in [-0.15, -0.1) is 0 Å². The number of carbonyl (C=O) groups excluding carboxylic acids is 1. The molecule has 1 unspecified atom stereocenters. The number of carbonyl (C=O) groups is 1. The Balaban J connectivity index is 2.87. The molecular weight excluding hydrogens is 243 g/mol. The number of rotatable bonds is 2. The van der Waals surface area contributed by atoms with Crippen molar-refractivity contribution >= 4 is 22.4 Å². The van der Waals surface area contributed by atoms with Gasteiger partial charge < -0.3 is 5.32 Å². The van der Waals surface area contributed by atoms with Gasteiger partial charge in [0.15, 0.2) is 10.8 Å². The summed E-state index contributed by atoms with van der Waals surface area (Å²) in [7, 11) is -3.03. The van der Waals surface area contributed by atoms with Crippen LogP contribution in [-0.2, 0) is 15.6 Å². The minimum absolute atomic E-state index is 0.329. The van der Waals surface area contributed by atoms with Crippen molar-refractivity contribution in [1.29, 1.82) is 0 Å². The standard InChI is InChI=1S/C9H8F3NO2S/c1-6(14)13-7-2-4-8(5-3-7)16(15)9(10,11)12/h2-5H,1H3,(H,13,14). The molecular formula is C9H8F3NO2S. The Morgan fingerprint density at radius 2 is 1.75 bits per heavy atom. The Hall–Kier alpha value is -1.37. The maximum Gasteiger partial charge on any atom is 0.475 e. The Morgan fingerprint density at radius 3 is 2.12 bits per heavy atom. The van der Waals surface area contributed by atoms with E-state index >= 15 is 0 Å². The molecule has 0 fully saturated rings. The van der Waals surface area contributed by atoms with Gasteiger partial charge in [0.2, 0.25) is 5.91 Å². The highest BCUT2D eigenvalue weighted by Gasteiger charge is 2.37. The van der Waals surface area contributed by atoms with Gasteiger partial charge in [0, 0.05) is 17.5 Å². The molecule has 1 aromatic carbocycles. The van der Waals surface area contributed by atoms with E-state index in [1.807, 2.05) is 0 Å². The largest absolute Gasteiger partial charge is 0.475 e. The molecule has 0 heterocycles. The van der Waals surface area contributed by atoms with Gasteiger partial charge in [-0.05, 0) is 24.3 Å². The fraction of sp³-hybridized carbons (Fsp3) is 0.222. The molecule has 0 aliphatic heterocycles. The molecule has 0 saturated carbocycles. The summed E-state index contributed by atoms with van der Waals surface area (Å²) in [5, 5.41) is 2.39. The fourth-order valence-corrected chi connectivity index (χ4v) is 1.65. The van der Waals surface area contributed by atoms with Crippen molar-refractivity contribution in [2.45, 2.75) is 17.3 Å². The molecule has 16 heavy (non-hydrogen) atoms. The third kappa shape index (κ3) is 3.34. The van der Waals surface area contributed by atoms with Crippen molar-refractivity contribution in [3.8, 4) is 0 Å². The zero-order chi connectivity index (χ0) is 12.3. The van der Waals surface area contributed by atoms with Crippen LogP contribution < -0.4 is 5.32 Å². The number of amides is 1. The second kappa shape index (κ2) is 4.65. The van der Waals surface area contributed by atoms with E-state index in [1.54, 1.807) is 0 Å². The summed E-state index contributed by atoms with van der Waals surface area (Å²) in [4.78, 5) is 10.3. The molecule has 1 rings (SSSR count). The van der Waals surface area contributed by atoms with E-state index in [0.717, 1.165) is 12.1 Å². The fourth-order valence-electron chi connectivity index (χ4n) is 0.999. The summed E-state index contributed by atoms with van der Waals surface area (Å²) in [6, 6.07) is 4.66. The van der Waals surface area contributed by atoms with Crippen molar-refractivity contribution in [2.75, 3.05) is 5.32 Å². The predicted octanol–water partition coefficient (Wildman–Crippen LogP) is 2.27. The molecule has 1 aromatic rings. The first-order chi connectivity index (χ1) is 7.30. The molecule has 88 valence electrons. The van der Waals surface area contributed by atoms with Crippen molar-refractivity contribution < 1.29 is 22.2 Å². The van der Waals surface area contributed by atoms with Crippen LogP contribution >= 0.6 is 0 Å². The highest BCUT2D eigenvalue weighted by atomic mass is 32.2. The zero-order valence-electron chi connectivity index (χ0n) is 8.17. The topological polar surface area (TPSA) is 46.2 Å². The number of benzene rings is 1. The van der Waals surface area contributed by atoms with Gasteiger partial charge in [-0.2, -0.15) is 13.2 Å². The van der Waals surface area contributed by atoms with Crippen LogP contribution in [0.2, 0.25) is 0 Å². The van der Waals surface area contributed by atoms with Gasteiger partial charge in [0.1, 0.15) is 0 Å². The molecule has 0 aliphatic carbocycles. The Labute approximate surface area is 92.1 Å². The van der Waals surface area contributed by atoms with Crippen molar-refractivity contribution in [1.82, 2.24) is 0 Å². The lowest BCUT2D eigenvalue weighted by molar-refractivity contribution is -0.114. The SMILES string of the molecule is CC(=O)Nc1ccc(S(=O)C(F)(F)F)cc1. The van der Waals surface area contributed by atoms with Gasteiger partial charge in [-0.3, -0.25) is 4.79 Å². The zero-order valence-corrected chi connectivity index (χ0v) is 8.98. The van der Waals surface area contributed by atoms with Crippen LogP contribution in [0.15, 0.2) is 29.2 Å². The lowest BCUT2D eigenvalue weighted by atomic mass is 10.3. The first kappa shape index (κ1) is 12.7. The highest BCUT2D eigenvalue weighted by molar-refractivity contribution is 7.86. The van der Waals surface area contributed by atoms with E-state index < -0.39 is 16.3 Å². The van der Waals surface area contributed by atoms with Gasteiger partial charge in [0.05, 0.1) is 0 Å². The van der Waals surface area contributed by atoms with Gasteiger partial charge in [-0.25, -0.2) is 4.21 Å². The molecule has 0 radical (unpaired) electrons. The molecule has 1 N–H and O–H groups in total. The predicted molar refractivity (Wildman–Crippen MR) is 53.2 cm³/mol. The van der Waals surface area contributed by atoms with Gasteiger partial charge >= 0.3 is 5.51 Å². The molecule has 7 heteroatoms. The minimum atomic E-state index is -4.77. The van der Waals surface area contributed by atoms with Gasteiger partial charge in [0.25, 0.3) is 0 Å². The second-order valence-electron chi connectivity index (χ2n) is 2.92. The van der Waals surface area contributed by atoms with Crippen molar-refractivity contribution in [3.63, 3.8) is 0 Å². The average Bonchev–Trinajstić information content (AvgIpc) is 2.15. The van der Waals surface area contributed by atoms with Crippen molar-refractivity contribution in [2.24, 2.45) is 0 Å². The second-order valence-corrected chi connectivity index (χ2v) is 4.39. The summed E-state index contributed by atoms with van der Waals surface area (Å²) in [6.07, 6.45) is 0. The Morgan fingerprint density at radius 1 is 1.25 bits per heavy atom. The molecule has 0 saturated heterocycles.